The Labute approximate surface area is 271 Å². The summed E-state index contributed by atoms with van der Waals surface area (Å²) in [5.74, 6) is 0.669. The van der Waals surface area contributed by atoms with E-state index in [2.05, 4.69) is 15.9 Å². The minimum Gasteiger partial charge on any atom is -0.489 e. The fraction of sp³-hybridized carbons (Fsp3) is 0.800. The summed E-state index contributed by atoms with van der Waals surface area (Å²) in [5.41, 5.74) is 6.43. The first-order valence-corrected chi connectivity index (χ1v) is 16.3. The van der Waals surface area contributed by atoms with E-state index in [4.69, 9.17) is 62.6 Å². The molecule has 0 fully saturated rings. The molecule has 2 N–H and O–H groups in total. The molecule has 0 unspecified atom stereocenters. The summed E-state index contributed by atoms with van der Waals surface area (Å²) in [6, 6.07) is 7.38. The van der Waals surface area contributed by atoms with Crippen molar-refractivity contribution in [3.8, 4) is 5.75 Å². The van der Waals surface area contributed by atoms with Crippen LogP contribution in [0.15, 0.2) is 24.3 Å². The molecule has 258 valence electrons. The predicted molar refractivity (Wildman–Crippen MR) is 169 cm³/mol. The van der Waals surface area contributed by atoms with Crippen molar-refractivity contribution in [2.75, 3.05) is 163 Å². The highest BCUT2D eigenvalue weighted by Crippen LogP contribution is 2.19. The van der Waals surface area contributed by atoms with E-state index in [1.54, 1.807) is 6.07 Å². The number of para-hydroxylation sites is 2. The Bertz CT molecular complexity index is 710. The van der Waals surface area contributed by atoms with Crippen molar-refractivity contribution in [1.82, 2.24) is 0 Å². The zero-order valence-corrected chi connectivity index (χ0v) is 27.7. The number of hydrogen-bond donors (Lipinski definition) is 1. The van der Waals surface area contributed by atoms with E-state index < -0.39 is 0 Å². The summed E-state index contributed by atoms with van der Waals surface area (Å²) in [5, 5.41) is 0.837. The predicted octanol–water partition coefficient (Wildman–Crippen LogP) is 2.23. The van der Waals surface area contributed by atoms with Gasteiger partial charge in [0.05, 0.1) is 151 Å². The van der Waals surface area contributed by atoms with Crippen LogP contribution in [0.1, 0.15) is 0 Å². The summed E-state index contributed by atoms with van der Waals surface area (Å²) in [6.07, 6.45) is 0. The normalized spacial score (nSPS) is 11.4. The number of alkyl halides is 1. The molecule has 44 heavy (non-hydrogen) atoms. The van der Waals surface area contributed by atoms with Crippen LogP contribution in [0.4, 0.5) is 5.69 Å². The fourth-order valence-corrected chi connectivity index (χ4v) is 3.41. The molecule has 0 aliphatic rings. The lowest BCUT2D eigenvalue weighted by Gasteiger charge is -2.09. The molecule has 0 radical (unpaired) electrons. The first-order chi connectivity index (χ1) is 21.8. The van der Waals surface area contributed by atoms with Gasteiger partial charge in [-0.1, -0.05) is 28.1 Å². The molecule has 0 saturated heterocycles. The first-order valence-electron chi connectivity index (χ1n) is 15.2. The Kier molecular flexibility index (Phi) is 32.3. The Morgan fingerprint density at radius 2 is 0.614 bits per heavy atom. The van der Waals surface area contributed by atoms with Crippen LogP contribution in [0.2, 0.25) is 0 Å². The number of nitrogens with two attached hydrogens (primary N) is 1. The third-order valence-corrected chi connectivity index (χ3v) is 5.67. The Morgan fingerprint density at radius 1 is 0.364 bits per heavy atom. The number of halogens is 1. The maximum absolute atomic E-state index is 5.82. The second-order valence-corrected chi connectivity index (χ2v) is 9.60. The number of hydrogen-bond acceptors (Lipinski definition) is 13. The van der Waals surface area contributed by atoms with Gasteiger partial charge in [0.15, 0.2) is 0 Å². The molecule has 0 atom stereocenters. The number of anilines is 1. The second-order valence-electron chi connectivity index (χ2n) is 8.81. The summed E-state index contributed by atoms with van der Waals surface area (Å²) in [4.78, 5) is 0. The van der Waals surface area contributed by atoms with Crippen LogP contribution in [-0.4, -0.2) is 157 Å². The second kappa shape index (κ2) is 34.7. The minimum absolute atomic E-state index is 0.439. The molecule has 0 amide bonds. The van der Waals surface area contributed by atoms with Crippen LogP contribution in [0.5, 0.6) is 5.75 Å². The van der Waals surface area contributed by atoms with Gasteiger partial charge < -0.3 is 62.6 Å². The van der Waals surface area contributed by atoms with Crippen molar-refractivity contribution in [1.29, 1.82) is 0 Å². The zero-order chi connectivity index (χ0) is 31.4. The molecule has 13 nitrogen and oxygen atoms in total. The quantitative estimate of drug-likeness (QED) is 0.0623. The van der Waals surface area contributed by atoms with Gasteiger partial charge in [-0.25, -0.2) is 0 Å². The van der Waals surface area contributed by atoms with E-state index >= 15 is 0 Å². The van der Waals surface area contributed by atoms with Crippen LogP contribution < -0.4 is 10.5 Å². The molecule has 1 rings (SSSR count). The van der Waals surface area contributed by atoms with Gasteiger partial charge >= 0.3 is 0 Å². The molecular formula is C30H54BrNO12. The third-order valence-electron chi connectivity index (χ3n) is 5.35. The molecule has 0 aliphatic heterocycles. The van der Waals surface area contributed by atoms with E-state index in [9.17, 15) is 0 Å². The average Bonchev–Trinajstić information content (AvgIpc) is 3.03. The van der Waals surface area contributed by atoms with Crippen molar-refractivity contribution in [2.24, 2.45) is 0 Å². The average molecular weight is 701 g/mol. The molecule has 0 bridgehead atoms. The molecule has 14 heteroatoms. The van der Waals surface area contributed by atoms with Crippen molar-refractivity contribution in [3.63, 3.8) is 0 Å². The van der Waals surface area contributed by atoms with Gasteiger partial charge in [0.25, 0.3) is 0 Å². The van der Waals surface area contributed by atoms with Crippen molar-refractivity contribution in [3.05, 3.63) is 24.3 Å². The Morgan fingerprint density at radius 3 is 0.886 bits per heavy atom. The van der Waals surface area contributed by atoms with Gasteiger partial charge in [-0.05, 0) is 12.1 Å². The monoisotopic (exact) mass is 699 g/mol. The van der Waals surface area contributed by atoms with Gasteiger partial charge in [-0.2, -0.15) is 0 Å². The summed E-state index contributed by atoms with van der Waals surface area (Å²) >= 11 is 3.30. The standard InChI is InChI=1S/C30H54BrNO12/c31-5-6-33-7-8-34-9-10-35-11-12-36-13-14-37-15-16-38-17-18-39-19-20-40-21-22-41-23-24-42-25-26-43-27-28-44-30-4-2-1-3-29(30)32/h1-4H,5-28,32H2. The fourth-order valence-electron chi connectivity index (χ4n) is 3.18. The van der Waals surface area contributed by atoms with E-state index in [1.807, 2.05) is 18.2 Å². The maximum atomic E-state index is 5.82. The van der Waals surface area contributed by atoms with Crippen LogP contribution >= 0.6 is 15.9 Å². The molecule has 1 aromatic rings. The molecule has 0 aromatic heterocycles. The van der Waals surface area contributed by atoms with Crippen molar-refractivity contribution >= 4 is 21.6 Å². The van der Waals surface area contributed by atoms with E-state index in [1.165, 1.54) is 0 Å². The van der Waals surface area contributed by atoms with Crippen LogP contribution in [0.3, 0.4) is 0 Å². The number of ether oxygens (including phenoxy) is 12. The van der Waals surface area contributed by atoms with Gasteiger partial charge in [0.2, 0.25) is 0 Å². The molecule has 1 aromatic carbocycles. The zero-order valence-electron chi connectivity index (χ0n) is 26.1. The summed E-state index contributed by atoms with van der Waals surface area (Å²) in [7, 11) is 0. The summed E-state index contributed by atoms with van der Waals surface area (Å²) < 4.78 is 65.4. The smallest absolute Gasteiger partial charge is 0.142 e. The van der Waals surface area contributed by atoms with Crippen LogP contribution in [0, 0.1) is 0 Å². The van der Waals surface area contributed by atoms with Crippen LogP contribution in [0.25, 0.3) is 0 Å². The van der Waals surface area contributed by atoms with Gasteiger partial charge in [-0.3, -0.25) is 0 Å². The lowest BCUT2D eigenvalue weighted by Crippen LogP contribution is -2.15. The van der Waals surface area contributed by atoms with Crippen molar-refractivity contribution < 1.29 is 56.8 Å². The topological polar surface area (TPSA) is 137 Å². The highest BCUT2D eigenvalue weighted by atomic mass is 79.9. The molecule has 0 spiro atoms. The number of rotatable bonds is 36. The molecular weight excluding hydrogens is 646 g/mol. The van der Waals surface area contributed by atoms with Gasteiger partial charge in [0, 0.05) is 5.33 Å². The van der Waals surface area contributed by atoms with Gasteiger partial charge in [0.1, 0.15) is 12.4 Å². The first kappa shape index (κ1) is 40.9. The molecule has 0 heterocycles. The molecule has 0 aliphatic carbocycles. The minimum atomic E-state index is 0.439. The van der Waals surface area contributed by atoms with E-state index in [0.717, 1.165) is 5.33 Å². The largest absolute Gasteiger partial charge is 0.489 e. The Hall–Kier alpha value is -1.14. The Balaban J connectivity index is 1.63. The number of nitrogen functional groups attached to an aromatic ring is 1. The third kappa shape index (κ3) is 29.6. The highest BCUT2D eigenvalue weighted by Gasteiger charge is 1.99. The van der Waals surface area contributed by atoms with E-state index in [0.29, 0.717) is 163 Å². The highest BCUT2D eigenvalue weighted by molar-refractivity contribution is 9.09. The SMILES string of the molecule is Nc1ccccc1OCCOCCOCCOCCOCCOCCOCCOCCOCCOCCOCCOCCBr. The van der Waals surface area contributed by atoms with Gasteiger partial charge in [-0.15, -0.1) is 0 Å². The molecule has 0 saturated carbocycles. The van der Waals surface area contributed by atoms with Crippen LogP contribution in [-0.2, 0) is 52.1 Å². The lowest BCUT2D eigenvalue weighted by atomic mass is 10.3. The maximum Gasteiger partial charge on any atom is 0.142 e. The lowest BCUT2D eigenvalue weighted by molar-refractivity contribution is -0.0276. The summed E-state index contributed by atoms with van der Waals surface area (Å²) in [6.45, 7) is 12.0. The number of benzene rings is 1. The van der Waals surface area contributed by atoms with E-state index in [-0.39, 0.29) is 0 Å². The van der Waals surface area contributed by atoms with Crippen molar-refractivity contribution in [2.45, 2.75) is 0 Å².